The highest BCUT2D eigenvalue weighted by Gasteiger charge is 2.26. The number of Topliss-reactive ketones (excluding diaryl/α,β-unsaturated/α-hetero) is 1. The molecule has 0 saturated carbocycles. The van der Waals surface area contributed by atoms with E-state index >= 15 is 0 Å². The van der Waals surface area contributed by atoms with Gasteiger partial charge < -0.3 is 10.4 Å². The normalized spacial score (nSPS) is 15.2. The van der Waals surface area contributed by atoms with Crippen molar-refractivity contribution in [1.82, 2.24) is 4.90 Å². The van der Waals surface area contributed by atoms with E-state index in [9.17, 15) is 18.8 Å². The molecule has 0 atom stereocenters. The van der Waals surface area contributed by atoms with Gasteiger partial charge in [-0.05, 0) is 56.3 Å². The number of carboxylic acids is 1. The van der Waals surface area contributed by atoms with Gasteiger partial charge in [0.15, 0.2) is 5.78 Å². The number of hydrogen-bond acceptors (Lipinski definition) is 4. The standard InChI is InChI=1S/C21H21FN2O4/c22-17-5-1-3-15(11-17)20(26)14-7-9-24(10-8-14)13-19(25)23-18-6-2-4-16(12-18)21(27)28/h1-6,11-12,14H,7-10,13H2,(H,23,25)(H,27,28). The molecule has 1 aliphatic heterocycles. The molecule has 6 nitrogen and oxygen atoms in total. The van der Waals surface area contributed by atoms with Gasteiger partial charge in [-0.1, -0.05) is 18.2 Å². The van der Waals surface area contributed by atoms with Crippen molar-refractivity contribution in [1.29, 1.82) is 0 Å². The first kappa shape index (κ1) is 19.7. The van der Waals surface area contributed by atoms with Gasteiger partial charge in [-0.15, -0.1) is 0 Å². The second-order valence-electron chi connectivity index (χ2n) is 6.86. The first-order valence-electron chi connectivity index (χ1n) is 9.08. The molecule has 0 aliphatic carbocycles. The van der Waals surface area contributed by atoms with Crippen LogP contribution in [-0.4, -0.2) is 47.3 Å². The highest BCUT2D eigenvalue weighted by molar-refractivity contribution is 5.98. The van der Waals surface area contributed by atoms with Crippen LogP contribution in [0.25, 0.3) is 0 Å². The summed E-state index contributed by atoms with van der Waals surface area (Å²) in [5.74, 6) is -1.95. The van der Waals surface area contributed by atoms with Crippen LogP contribution in [0, 0.1) is 11.7 Å². The third kappa shape index (κ3) is 5.01. The Labute approximate surface area is 162 Å². The van der Waals surface area contributed by atoms with Crippen LogP contribution in [-0.2, 0) is 4.79 Å². The Hall–Kier alpha value is -3.06. The number of carboxylic acid groups (broad SMARTS) is 1. The Bertz CT molecular complexity index is 891. The van der Waals surface area contributed by atoms with Gasteiger partial charge in [0.05, 0.1) is 12.1 Å². The molecule has 0 bridgehead atoms. The highest BCUT2D eigenvalue weighted by Crippen LogP contribution is 2.22. The number of carbonyl (C=O) groups excluding carboxylic acids is 2. The van der Waals surface area contributed by atoms with Crippen LogP contribution in [0.2, 0.25) is 0 Å². The van der Waals surface area contributed by atoms with E-state index in [4.69, 9.17) is 5.11 Å². The van der Waals surface area contributed by atoms with Gasteiger partial charge >= 0.3 is 5.97 Å². The Morgan fingerprint density at radius 3 is 2.39 bits per heavy atom. The number of ketones is 1. The van der Waals surface area contributed by atoms with E-state index < -0.39 is 11.8 Å². The average molecular weight is 384 g/mol. The van der Waals surface area contributed by atoms with Gasteiger partial charge in [0.2, 0.25) is 5.91 Å². The molecule has 2 aromatic rings. The van der Waals surface area contributed by atoms with Gasteiger partial charge in [-0.25, -0.2) is 9.18 Å². The van der Waals surface area contributed by atoms with Crippen LogP contribution < -0.4 is 5.32 Å². The summed E-state index contributed by atoms with van der Waals surface area (Å²) in [7, 11) is 0. The van der Waals surface area contributed by atoms with Crippen molar-refractivity contribution in [2.24, 2.45) is 5.92 Å². The number of amides is 1. The zero-order chi connectivity index (χ0) is 20.1. The van der Waals surface area contributed by atoms with E-state index in [-0.39, 0.29) is 29.7 Å². The van der Waals surface area contributed by atoms with Gasteiger partial charge in [-0.2, -0.15) is 0 Å². The summed E-state index contributed by atoms with van der Waals surface area (Å²) in [4.78, 5) is 37.7. The Morgan fingerprint density at radius 2 is 1.71 bits per heavy atom. The minimum absolute atomic E-state index is 0.0610. The maximum Gasteiger partial charge on any atom is 0.335 e. The maximum atomic E-state index is 13.3. The van der Waals surface area contributed by atoms with E-state index in [1.807, 2.05) is 4.90 Å². The minimum Gasteiger partial charge on any atom is -0.478 e. The van der Waals surface area contributed by atoms with E-state index in [0.717, 1.165) is 0 Å². The van der Waals surface area contributed by atoms with Crippen LogP contribution in [0.3, 0.4) is 0 Å². The van der Waals surface area contributed by atoms with Crippen molar-refractivity contribution >= 4 is 23.3 Å². The van der Waals surface area contributed by atoms with Gasteiger partial charge in [0, 0.05) is 17.2 Å². The molecule has 1 amide bonds. The van der Waals surface area contributed by atoms with Crippen molar-refractivity contribution < 1.29 is 23.9 Å². The van der Waals surface area contributed by atoms with Gasteiger partial charge in [0.1, 0.15) is 5.82 Å². The molecular weight excluding hydrogens is 363 g/mol. The second-order valence-corrected chi connectivity index (χ2v) is 6.86. The summed E-state index contributed by atoms with van der Waals surface area (Å²) in [5, 5.41) is 11.7. The molecule has 3 rings (SSSR count). The zero-order valence-electron chi connectivity index (χ0n) is 15.2. The van der Waals surface area contributed by atoms with Crippen molar-refractivity contribution in [2.75, 3.05) is 25.0 Å². The van der Waals surface area contributed by atoms with Crippen LogP contribution in [0.1, 0.15) is 33.6 Å². The molecule has 0 unspecified atom stereocenters. The molecular formula is C21H21FN2O4. The third-order valence-corrected chi connectivity index (χ3v) is 4.83. The third-order valence-electron chi connectivity index (χ3n) is 4.83. The fourth-order valence-electron chi connectivity index (χ4n) is 3.36. The second kappa shape index (κ2) is 8.75. The van der Waals surface area contributed by atoms with Crippen LogP contribution in [0.15, 0.2) is 48.5 Å². The lowest BCUT2D eigenvalue weighted by Gasteiger charge is -2.30. The average Bonchev–Trinajstić information content (AvgIpc) is 2.68. The maximum absolute atomic E-state index is 13.3. The number of nitrogens with zero attached hydrogens (tertiary/aromatic N) is 1. The van der Waals surface area contributed by atoms with Crippen molar-refractivity contribution in [3.8, 4) is 0 Å². The fraction of sp³-hybridized carbons (Fsp3) is 0.286. The van der Waals surface area contributed by atoms with Crippen LogP contribution in [0.4, 0.5) is 10.1 Å². The van der Waals surface area contributed by atoms with Gasteiger partial charge in [-0.3, -0.25) is 14.5 Å². The topological polar surface area (TPSA) is 86.7 Å². The van der Waals surface area contributed by atoms with Crippen molar-refractivity contribution in [3.63, 3.8) is 0 Å². The molecule has 0 radical (unpaired) electrons. The number of nitrogens with one attached hydrogen (secondary N) is 1. The molecule has 2 aromatic carbocycles. The number of anilines is 1. The van der Waals surface area contributed by atoms with Crippen molar-refractivity contribution in [3.05, 3.63) is 65.5 Å². The van der Waals surface area contributed by atoms with E-state index in [2.05, 4.69) is 5.32 Å². The number of piperidine rings is 1. The first-order valence-corrected chi connectivity index (χ1v) is 9.08. The molecule has 146 valence electrons. The molecule has 1 heterocycles. The summed E-state index contributed by atoms with van der Waals surface area (Å²) >= 11 is 0. The van der Waals surface area contributed by atoms with E-state index in [1.54, 1.807) is 18.2 Å². The molecule has 1 fully saturated rings. The lowest BCUT2D eigenvalue weighted by molar-refractivity contribution is -0.117. The van der Waals surface area contributed by atoms with Gasteiger partial charge in [0.25, 0.3) is 0 Å². The summed E-state index contributed by atoms with van der Waals surface area (Å²) in [6.45, 7) is 1.35. The Balaban J connectivity index is 1.50. The number of rotatable bonds is 6. The quantitative estimate of drug-likeness (QED) is 0.748. The highest BCUT2D eigenvalue weighted by atomic mass is 19.1. The lowest BCUT2D eigenvalue weighted by Crippen LogP contribution is -2.40. The summed E-state index contributed by atoms with van der Waals surface area (Å²) in [5.41, 5.74) is 0.921. The van der Waals surface area contributed by atoms with Crippen molar-refractivity contribution in [2.45, 2.75) is 12.8 Å². The molecule has 2 N–H and O–H groups in total. The molecule has 1 saturated heterocycles. The number of aromatic carboxylic acids is 1. The fourth-order valence-corrected chi connectivity index (χ4v) is 3.36. The largest absolute Gasteiger partial charge is 0.478 e. The van der Waals surface area contributed by atoms with E-state index in [1.165, 1.54) is 30.3 Å². The van der Waals surface area contributed by atoms with Crippen LogP contribution >= 0.6 is 0 Å². The number of likely N-dealkylation sites (tertiary alicyclic amines) is 1. The monoisotopic (exact) mass is 384 g/mol. The Kier molecular flexibility index (Phi) is 6.16. The number of carbonyl (C=O) groups is 3. The molecule has 0 spiro atoms. The first-order chi connectivity index (χ1) is 13.4. The van der Waals surface area contributed by atoms with Crippen LogP contribution in [0.5, 0.6) is 0 Å². The summed E-state index contributed by atoms with van der Waals surface area (Å²) in [6.07, 6.45) is 1.22. The number of halogens is 1. The minimum atomic E-state index is -1.05. The predicted octanol–water partition coefficient (Wildman–Crippen LogP) is 3.06. The number of hydrogen-bond donors (Lipinski definition) is 2. The smallest absolute Gasteiger partial charge is 0.335 e. The molecule has 0 aromatic heterocycles. The van der Waals surface area contributed by atoms with E-state index in [0.29, 0.717) is 37.2 Å². The SMILES string of the molecule is O=C(CN1CCC(C(=O)c2cccc(F)c2)CC1)Nc1cccc(C(=O)O)c1. The molecule has 1 aliphatic rings. The predicted molar refractivity (Wildman–Crippen MR) is 102 cm³/mol. The molecule has 7 heteroatoms. The summed E-state index contributed by atoms with van der Waals surface area (Å²) in [6, 6.07) is 11.8. The molecule has 28 heavy (non-hydrogen) atoms. The summed E-state index contributed by atoms with van der Waals surface area (Å²) < 4.78 is 13.3. The zero-order valence-corrected chi connectivity index (χ0v) is 15.2. The number of benzene rings is 2. The Morgan fingerprint density at radius 1 is 1.04 bits per heavy atom. The lowest BCUT2D eigenvalue weighted by atomic mass is 9.89.